The first-order chi connectivity index (χ1) is 9.49. The number of rotatable bonds is 7. The van der Waals surface area contributed by atoms with Gasteiger partial charge in [0.1, 0.15) is 5.38 Å². The van der Waals surface area contributed by atoms with E-state index in [9.17, 15) is 4.79 Å². The lowest BCUT2D eigenvalue weighted by molar-refractivity contribution is -0.120. The number of amides is 1. The zero-order chi connectivity index (χ0) is 15.1. The van der Waals surface area contributed by atoms with E-state index in [0.717, 1.165) is 6.54 Å². The van der Waals surface area contributed by atoms with Gasteiger partial charge >= 0.3 is 0 Å². The van der Waals surface area contributed by atoms with Gasteiger partial charge in [0, 0.05) is 13.1 Å². The summed E-state index contributed by atoms with van der Waals surface area (Å²) >= 11 is 6.17. The highest BCUT2D eigenvalue weighted by atomic mass is 35.5. The zero-order valence-corrected chi connectivity index (χ0v) is 13.0. The van der Waals surface area contributed by atoms with Crippen LogP contribution in [0.2, 0.25) is 0 Å². The Morgan fingerprint density at radius 1 is 1.30 bits per heavy atom. The molecule has 0 aliphatic carbocycles. The summed E-state index contributed by atoms with van der Waals surface area (Å²) in [6.45, 7) is 1.32. The summed E-state index contributed by atoms with van der Waals surface area (Å²) in [4.78, 5) is 13.9. The summed E-state index contributed by atoms with van der Waals surface area (Å²) < 4.78 is 10.3. The van der Waals surface area contributed by atoms with Crippen molar-refractivity contribution in [2.45, 2.75) is 5.38 Å². The van der Waals surface area contributed by atoms with Crippen LogP contribution < -0.4 is 14.8 Å². The van der Waals surface area contributed by atoms with E-state index in [2.05, 4.69) is 5.32 Å². The highest BCUT2D eigenvalue weighted by Gasteiger charge is 2.19. The van der Waals surface area contributed by atoms with E-state index in [0.29, 0.717) is 23.6 Å². The molecule has 5 nitrogen and oxygen atoms in total. The maximum Gasteiger partial charge on any atom is 0.242 e. The van der Waals surface area contributed by atoms with Gasteiger partial charge in [-0.05, 0) is 31.8 Å². The second-order valence-corrected chi connectivity index (χ2v) is 5.01. The van der Waals surface area contributed by atoms with Gasteiger partial charge in [0.25, 0.3) is 0 Å². The van der Waals surface area contributed by atoms with E-state index < -0.39 is 5.38 Å². The molecule has 0 aromatic heterocycles. The number of likely N-dealkylation sites (N-methyl/N-ethyl adjacent to an activating group) is 1. The van der Waals surface area contributed by atoms with Crippen molar-refractivity contribution in [3.63, 3.8) is 0 Å². The van der Waals surface area contributed by atoms with Crippen LogP contribution in [-0.2, 0) is 4.79 Å². The first-order valence-corrected chi connectivity index (χ1v) is 6.71. The number of benzene rings is 1. The average molecular weight is 301 g/mol. The number of alkyl halides is 1. The van der Waals surface area contributed by atoms with Crippen LogP contribution in [0.15, 0.2) is 18.2 Å². The molecule has 0 radical (unpaired) electrons. The van der Waals surface area contributed by atoms with Crippen molar-refractivity contribution in [1.29, 1.82) is 0 Å². The first-order valence-electron chi connectivity index (χ1n) is 6.28. The molecule has 0 aliphatic heterocycles. The fraction of sp³-hybridized carbons (Fsp3) is 0.500. The van der Waals surface area contributed by atoms with Gasteiger partial charge in [-0.2, -0.15) is 0 Å². The van der Waals surface area contributed by atoms with Crippen LogP contribution in [0.4, 0.5) is 0 Å². The predicted molar refractivity (Wildman–Crippen MR) is 79.7 cm³/mol. The van der Waals surface area contributed by atoms with Crippen LogP contribution in [0.5, 0.6) is 11.5 Å². The Bertz CT molecular complexity index is 452. The lowest BCUT2D eigenvalue weighted by Gasteiger charge is -2.15. The number of methoxy groups -OCH3 is 2. The molecular formula is C14H21ClN2O3. The fourth-order valence-electron chi connectivity index (χ4n) is 1.65. The van der Waals surface area contributed by atoms with Crippen molar-refractivity contribution in [2.24, 2.45) is 0 Å². The molecule has 1 atom stereocenters. The van der Waals surface area contributed by atoms with Crippen molar-refractivity contribution in [1.82, 2.24) is 10.2 Å². The molecule has 1 N–H and O–H groups in total. The van der Waals surface area contributed by atoms with Gasteiger partial charge < -0.3 is 19.7 Å². The fourth-order valence-corrected chi connectivity index (χ4v) is 1.87. The smallest absolute Gasteiger partial charge is 0.242 e. The molecule has 20 heavy (non-hydrogen) atoms. The van der Waals surface area contributed by atoms with Crippen molar-refractivity contribution in [2.75, 3.05) is 41.4 Å². The number of nitrogens with zero attached hydrogens (tertiary/aromatic N) is 1. The van der Waals surface area contributed by atoms with Gasteiger partial charge in [-0.25, -0.2) is 0 Å². The molecule has 0 aliphatic rings. The summed E-state index contributed by atoms with van der Waals surface area (Å²) in [5.74, 6) is 0.936. The maximum atomic E-state index is 11.9. The summed E-state index contributed by atoms with van der Waals surface area (Å²) in [6.07, 6.45) is 0. The Morgan fingerprint density at radius 3 is 2.50 bits per heavy atom. The van der Waals surface area contributed by atoms with E-state index in [1.807, 2.05) is 19.0 Å². The Morgan fingerprint density at radius 2 is 1.95 bits per heavy atom. The Hall–Kier alpha value is -1.46. The first kappa shape index (κ1) is 16.6. The number of halogens is 1. The van der Waals surface area contributed by atoms with E-state index >= 15 is 0 Å². The number of hydrogen-bond acceptors (Lipinski definition) is 4. The maximum absolute atomic E-state index is 11.9. The van der Waals surface area contributed by atoms with Crippen LogP contribution in [0.1, 0.15) is 10.9 Å². The molecule has 0 bridgehead atoms. The normalized spacial score (nSPS) is 12.1. The largest absolute Gasteiger partial charge is 0.493 e. The molecule has 1 aromatic rings. The molecule has 1 unspecified atom stereocenters. The quantitative estimate of drug-likeness (QED) is 0.778. The van der Waals surface area contributed by atoms with Crippen molar-refractivity contribution >= 4 is 17.5 Å². The molecule has 0 spiro atoms. The van der Waals surface area contributed by atoms with Gasteiger partial charge in [0.05, 0.1) is 14.2 Å². The number of ether oxygens (including phenoxy) is 2. The predicted octanol–water partition coefficient (Wildman–Crippen LogP) is 1.66. The van der Waals surface area contributed by atoms with E-state index in [-0.39, 0.29) is 5.91 Å². The highest BCUT2D eigenvalue weighted by Crippen LogP contribution is 2.32. The standard InChI is InChI=1S/C14H21ClN2O3/c1-17(2)8-7-16-14(18)13(15)10-5-6-11(19-3)12(9-10)20-4/h5-6,9,13H,7-8H2,1-4H3,(H,16,18). The second kappa shape index (κ2) is 7.97. The third kappa shape index (κ3) is 4.58. The van der Waals surface area contributed by atoms with E-state index in [1.165, 1.54) is 0 Å². The summed E-state index contributed by atoms with van der Waals surface area (Å²) in [5, 5.41) is 2.04. The molecule has 0 fully saturated rings. The second-order valence-electron chi connectivity index (χ2n) is 4.57. The van der Waals surface area contributed by atoms with Crippen LogP contribution in [0.25, 0.3) is 0 Å². The van der Waals surface area contributed by atoms with Crippen LogP contribution in [-0.4, -0.2) is 52.2 Å². The number of nitrogens with one attached hydrogen (secondary N) is 1. The zero-order valence-electron chi connectivity index (χ0n) is 12.3. The number of carbonyl (C=O) groups is 1. The molecule has 112 valence electrons. The number of carbonyl (C=O) groups excluding carboxylic acids is 1. The van der Waals surface area contributed by atoms with Gasteiger partial charge in [0.15, 0.2) is 11.5 Å². The van der Waals surface area contributed by atoms with Crippen molar-refractivity contribution in [3.8, 4) is 11.5 Å². The summed E-state index contributed by atoms with van der Waals surface area (Å²) in [7, 11) is 6.99. The Balaban J connectivity index is 2.71. The third-order valence-corrected chi connectivity index (χ3v) is 3.24. The lowest BCUT2D eigenvalue weighted by atomic mass is 10.1. The molecule has 1 aromatic carbocycles. The number of hydrogen-bond donors (Lipinski definition) is 1. The minimum atomic E-state index is -0.753. The third-order valence-electron chi connectivity index (χ3n) is 2.79. The lowest BCUT2D eigenvalue weighted by Crippen LogP contribution is -2.33. The Labute approximate surface area is 124 Å². The highest BCUT2D eigenvalue weighted by molar-refractivity contribution is 6.30. The molecule has 6 heteroatoms. The van der Waals surface area contributed by atoms with E-state index in [4.69, 9.17) is 21.1 Å². The summed E-state index contributed by atoms with van der Waals surface area (Å²) in [5.41, 5.74) is 0.673. The van der Waals surface area contributed by atoms with Gasteiger partial charge in [0.2, 0.25) is 5.91 Å². The van der Waals surface area contributed by atoms with Crippen molar-refractivity contribution in [3.05, 3.63) is 23.8 Å². The molecule has 0 saturated carbocycles. The van der Waals surface area contributed by atoms with Gasteiger partial charge in [-0.3, -0.25) is 4.79 Å². The summed E-state index contributed by atoms with van der Waals surface area (Å²) in [6, 6.07) is 5.20. The van der Waals surface area contributed by atoms with Gasteiger partial charge in [-0.15, -0.1) is 11.6 Å². The minimum Gasteiger partial charge on any atom is -0.493 e. The molecule has 1 rings (SSSR count). The molecular weight excluding hydrogens is 280 g/mol. The Kier molecular flexibility index (Phi) is 6.61. The average Bonchev–Trinajstić information content (AvgIpc) is 2.45. The monoisotopic (exact) mass is 300 g/mol. The molecule has 0 heterocycles. The molecule has 0 saturated heterocycles. The van der Waals surface area contributed by atoms with Crippen LogP contribution in [0, 0.1) is 0 Å². The van der Waals surface area contributed by atoms with Gasteiger partial charge in [-0.1, -0.05) is 6.07 Å². The topological polar surface area (TPSA) is 50.8 Å². The van der Waals surface area contributed by atoms with Crippen molar-refractivity contribution < 1.29 is 14.3 Å². The van der Waals surface area contributed by atoms with Crippen LogP contribution in [0.3, 0.4) is 0 Å². The molecule has 1 amide bonds. The van der Waals surface area contributed by atoms with Crippen LogP contribution >= 0.6 is 11.6 Å². The SMILES string of the molecule is COc1ccc(C(Cl)C(=O)NCCN(C)C)cc1OC. The minimum absolute atomic E-state index is 0.222. The van der Waals surface area contributed by atoms with E-state index in [1.54, 1.807) is 32.4 Å².